The molecule has 0 fully saturated rings. The smallest absolute Gasteiger partial charge is 0.205 e. The van der Waals surface area contributed by atoms with Gasteiger partial charge in [0.1, 0.15) is 5.52 Å². The third-order valence-corrected chi connectivity index (χ3v) is 3.87. The van der Waals surface area contributed by atoms with Crippen molar-refractivity contribution in [1.29, 1.82) is 0 Å². The highest BCUT2D eigenvalue weighted by molar-refractivity contribution is 6.42. The summed E-state index contributed by atoms with van der Waals surface area (Å²) in [7, 11) is 0. The van der Waals surface area contributed by atoms with E-state index in [1.165, 1.54) is 0 Å². The van der Waals surface area contributed by atoms with Gasteiger partial charge in [0, 0.05) is 0 Å². The van der Waals surface area contributed by atoms with Crippen LogP contribution < -0.4 is 5.73 Å². The van der Waals surface area contributed by atoms with E-state index in [1.54, 1.807) is 22.8 Å². The maximum absolute atomic E-state index is 6.11. The molecule has 0 saturated carbocycles. The molecule has 1 heterocycles. The van der Waals surface area contributed by atoms with Gasteiger partial charge in [0.25, 0.3) is 0 Å². The Morgan fingerprint density at radius 2 is 1.74 bits per heavy atom. The molecule has 2 N–H and O–H groups in total. The zero-order valence-electron chi connectivity index (χ0n) is 9.57. The molecular weight excluding hydrogens is 305 g/mol. The molecule has 2 aromatic carbocycles. The van der Waals surface area contributed by atoms with E-state index in [2.05, 4.69) is 4.98 Å². The van der Waals surface area contributed by atoms with E-state index in [-0.39, 0.29) is 0 Å². The molecular formula is C13H8Cl3N3. The highest BCUT2D eigenvalue weighted by atomic mass is 35.5. The monoisotopic (exact) mass is 311 g/mol. The summed E-state index contributed by atoms with van der Waals surface area (Å²) in [6, 6.07) is 10.8. The van der Waals surface area contributed by atoms with Gasteiger partial charge in [0.05, 0.1) is 26.3 Å². The Kier molecular flexibility index (Phi) is 3.05. The van der Waals surface area contributed by atoms with Gasteiger partial charge in [-0.1, -0.05) is 40.9 Å². The van der Waals surface area contributed by atoms with E-state index in [1.807, 2.05) is 18.2 Å². The van der Waals surface area contributed by atoms with E-state index in [0.29, 0.717) is 26.5 Å². The number of benzene rings is 2. The second kappa shape index (κ2) is 4.60. The topological polar surface area (TPSA) is 43.8 Å². The Morgan fingerprint density at radius 1 is 0.947 bits per heavy atom. The number of halogens is 3. The van der Waals surface area contributed by atoms with Gasteiger partial charge in [-0.3, -0.25) is 4.57 Å². The quantitative estimate of drug-likeness (QED) is 0.715. The zero-order valence-corrected chi connectivity index (χ0v) is 11.8. The van der Waals surface area contributed by atoms with Crippen molar-refractivity contribution in [3.63, 3.8) is 0 Å². The average Bonchev–Trinajstić information content (AvgIpc) is 2.71. The van der Waals surface area contributed by atoms with Gasteiger partial charge in [-0.05, 0) is 30.3 Å². The first kappa shape index (κ1) is 12.6. The Bertz CT molecular complexity index is 780. The number of aromatic nitrogens is 2. The maximum atomic E-state index is 6.11. The molecule has 3 aromatic rings. The van der Waals surface area contributed by atoms with Crippen molar-refractivity contribution in [1.82, 2.24) is 9.55 Å². The van der Waals surface area contributed by atoms with Crippen molar-refractivity contribution in [2.24, 2.45) is 0 Å². The summed E-state index contributed by atoms with van der Waals surface area (Å²) in [5, 5.41) is 1.51. The lowest BCUT2D eigenvalue weighted by Crippen LogP contribution is -2.00. The van der Waals surface area contributed by atoms with Gasteiger partial charge < -0.3 is 5.73 Å². The highest BCUT2D eigenvalue weighted by Crippen LogP contribution is 2.30. The summed E-state index contributed by atoms with van der Waals surface area (Å²) in [5.41, 5.74) is 8.23. The number of anilines is 1. The summed E-state index contributed by atoms with van der Waals surface area (Å²) in [4.78, 5) is 4.27. The van der Waals surface area contributed by atoms with Crippen molar-refractivity contribution in [3.05, 3.63) is 51.5 Å². The van der Waals surface area contributed by atoms with E-state index in [0.717, 1.165) is 11.2 Å². The number of imidazole rings is 1. The molecule has 0 atom stereocenters. The first-order valence-electron chi connectivity index (χ1n) is 5.46. The molecule has 0 aliphatic carbocycles. The lowest BCUT2D eigenvalue weighted by Gasteiger charge is -2.07. The molecule has 96 valence electrons. The molecule has 0 amide bonds. The van der Waals surface area contributed by atoms with Gasteiger partial charge >= 0.3 is 0 Å². The first-order valence-corrected chi connectivity index (χ1v) is 6.59. The molecule has 0 spiro atoms. The highest BCUT2D eigenvalue weighted by Gasteiger charge is 2.12. The Morgan fingerprint density at radius 3 is 2.47 bits per heavy atom. The van der Waals surface area contributed by atoms with Crippen LogP contribution in [0, 0.1) is 0 Å². The molecule has 19 heavy (non-hydrogen) atoms. The fourth-order valence-electron chi connectivity index (χ4n) is 1.98. The van der Waals surface area contributed by atoms with Crippen molar-refractivity contribution < 1.29 is 0 Å². The molecule has 0 unspecified atom stereocenters. The van der Waals surface area contributed by atoms with E-state index < -0.39 is 0 Å². The van der Waals surface area contributed by atoms with Crippen LogP contribution in [0.1, 0.15) is 0 Å². The second-order valence-corrected chi connectivity index (χ2v) is 5.23. The SMILES string of the molecule is Nc1nc2c(Cl)cccc2n1-c1ccc(Cl)c(Cl)c1. The number of hydrogen-bond acceptors (Lipinski definition) is 2. The number of rotatable bonds is 1. The van der Waals surface area contributed by atoms with Gasteiger partial charge in [-0.25, -0.2) is 4.98 Å². The molecule has 0 aliphatic rings. The van der Waals surface area contributed by atoms with Crippen LogP contribution in [-0.2, 0) is 0 Å². The van der Waals surface area contributed by atoms with Crippen LogP contribution >= 0.6 is 34.8 Å². The summed E-state index contributed by atoms with van der Waals surface area (Å²) >= 11 is 18.1. The van der Waals surface area contributed by atoms with Crippen LogP contribution in [0.2, 0.25) is 15.1 Å². The largest absolute Gasteiger partial charge is 0.369 e. The number of nitrogen functional groups attached to an aromatic ring is 1. The molecule has 6 heteroatoms. The number of para-hydroxylation sites is 1. The van der Waals surface area contributed by atoms with Crippen LogP contribution in [0.4, 0.5) is 5.95 Å². The number of nitrogens with zero attached hydrogens (tertiary/aromatic N) is 2. The number of fused-ring (bicyclic) bond motifs is 1. The normalized spacial score (nSPS) is 11.1. The number of nitrogens with two attached hydrogens (primary N) is 1. The van der Waals surface area contributed by atoms with Crippen molar-refractivity contribution in [2.45, 2.75) is 0 Å². The lowest BCUT2D eigenvalue weighted by atomic mass is 10.3. The standard InChI is InChI=1S/C13H8Cl3N3/c14-8-5-4-7(6-10(8)16)19-11-3-1-2-9(15)12(11)18-13(19)17/h1-6H,(H2,17,18). The molecule has 1 aromatic heterocycles. The fraction of sp³-hybridized carbons (Fsp3) is 0. The fourth-order valence-corrected chi connectivity index (χ4v) is 2.48. The van der Waals surface area contributed by atoms with Crippen LogP contribution in [-0.4, -0.2) is 9.55 Å². The summed E-state index contributed by atoms with van der Waals surface area (Å²) in [6.45, 7) is 0. The van der Waals surface area contributed by atoms with Crippen molar-refractivity contribution in [3.8, 4) is 5.69 Å². The Balaban J connectivity index is 2.33. The summed E-state index contributed by atoms with van der Waals surface area (Å²) in [6.07, 6.45) is 0. The maximum Gasteiger partial charge on any atom is 0.205 e. The predicted molar refractivity (Wildman–Crippen MR) is 80.5 cm³/mol. The van der Waals surface area contributed by atoms with Crippen LogP contribution in [0.25, 0.3) is 16.7 Å². The second-order valence-electron chi connectivity index (χ2n) is 4.01. The van der Waals surface area contributed by atoms with Gasteiger partial charge in [-0.2, -0.15) is 0 Å². The summed E-state index contributed by atoms with van der Waals surface area (Å²) < 4.78 is 1.78. The van der Waals surface area contributed by atoms with Crippen molar-refractivity contribution >= 4 is 51.8 Å². The molecule has 0 radical (unpaired) electrons. The third-order valence-electron chi connectivity index (χ3n) is 2.82. The molecule has 3 nitrogen and oxygen atoms in total. The van der Waals surface area contributed by atoms with Gasteiger partial charge in [-0.15, -0.1) is 0 Å². The number of hydrogen-bond donors (Lipinski definition) is 1. The Labute approximate surface area is 124 Å². The van der Waals surface area contributed by atoms with E-state index in [4.69, 9.17) is 40.5 Å². The minimum atomic E-state index is 0.349. The first-order chi connectivity index (χ1) is 9.08. The third kappa shape index (κ3) is 2.04. The zero-order chi connectivity index (χ0) is 13.6. The average molecular weight is 313 g/mol. The molecule has 0 saturated heterocycles. The summed E-state index contributed by atoms with van der Waals surface area (Å²) in [5.74, 6) is 0.349. The van der Waals surface area contributed by atoms with Gasteiger partial charge in [0.15, 0.2) is 0 Å². The molecule has 0 bridgehead atoms. The van der Waals surface area contributed by atoms with Crippen molar-refractivity contribution in [2.75, 3.05) is 5.73 Å². The van der Waals surface area contributed by atoms with E-state index >= 15 is 0 Å². The minimum Gasteiger partial charge on any atom is -0.369 e. The molecule has 0 aliphatic heterocycles. The Hall–Kier alpha value is -1.42. The molecule has 3 rings (SSSR count). The van der Waals surface area contributed by atoms with Gasteiger partial charge in [0.2, 0.25) is 5.95 Å². The van der Waals surface area contributed by atoms with E-state index in [9.17, 15) is 0 Å². The van der Waals surface area contributed by atoms with Crippen LogP contribution in [0.5, 0.6) is 0 Å². The lowest BCUT2D eigenvalue weighted by molar-refractivity contribution is 1.11. The minimum absolute atomic E-state index is 0.349. The van der Waals surface area contributed by atoms with Crippen LogP contribution in [0.15, 0.2) is 36.4 Å². The predicted octanol–water partition coefficient (Wildman–Crippen LogP) is 4.57. The van der Waals surface area contributed by atoms with Crippen LogP contribution in [0.3, 0.4) is 0 Å².